The van der Waals surface area contributed by atoms with Gasteiger partial charge in [0.05, 0.1) is 15.2 Å². The third-order valence-electron chi connectivity index (χ3n) is 5.60. The van der Waals surface area contributed by atoms with Crippen LogP contribution in [-0.4, -0.2) is 40.3 Å². The van der Waals surface area contributed by atoms with Gasteiger partial charge in [0, 0.05) is 29.8 Å². The third kappa shape index (κ3) is 5.38. The van der Waals surface area contributed by atoms with Crippen LogP contribution in [0.2, 0.25) is 0 Å². The molecule has 0 aromatic heterocycles. The van der Waals surface area contributed by atoms with E-state index < -0.39 is 19.9 Å². The normalized spacial score (nSPS) is 14.5. The minimum atomic E-state index is -4.52. The van der Waals surface area contributed by atoms with E-state index in [4.69, 9.17) is 0 Å². The number of nitro groups is 1. The third-order valence-corrected chi connectivity index (χ3v) is 6.45. The van der Waals surface area contributed by atoms with Gasteiger partial charge in [-0.05, 0) is 49.8 Å². The van der Waals surface area contributed by atoms with Gasteiger partial charge in [-0.25, -0.2) is 8.42 Å². The molecule has 1 aliphatic rings. The molecule has 3 aromatic carbocycles. The van der Waals surface area contributed by atoms with Crippen molar-refractivity contribution >= 4 is 33.3 Å². The molecule has 0 saturated heterocycles. The molecule has 0 radical (unpaired) electrons. The van der Waals surface area contributed by atoms with Gasteiger partial charge in [0.15, 0.2) is 5.71 Å². The largest absolute Gasteiger partial charge is 0.744 e. The summed E-state index contributed by atoms with van der Waals surface area (Å²) in [5, 5.41) is 19.5. The van der Waals surface area contributed by atoms with Crippen molar-refractivity contribution in [3.05, 3.63) is 100 Å². The van der Waals surface area contributed by atoms with Gasteiger partial charge in [-0.1, -0.05) is 30.3 Å². The maximum absolute atomic E-state index is 10.4. The van der Waals surface area contributed by atoms with Gasteiger partial charge in [-0.3, -0.25) is 10.1 Å². The summed E-state index contributed by atoms with van der Waals surface area (Å²) in [6.45, 7) is 4.51. The highest BCUT2D eigenvalue weighted by atomic mass is 32.2. The topological polar surface area (TPSA) is 124 Å². The molecule has 0 aliphatic carbocycles. The molecule has 0 amide bonds. The Labute approximate surface area is 198 Å². The minimum Gasteiger partial charge on any atom is -0.744 e. The molecule has 0 saturated carbocycles. The van der Waals surface area contributed by atoms with Gasteiger partial charge >= 0.3 is 0 Å². The number of phenolic OH excluding ortho intramolecular Hbond substituents is 1. The van der Waals surface area contributed by atoms with E-state index in [0.717, 1.165) is 29.8 Å². The lowest BCUT2D eigenvalue weighted by Gasteiger charge is -2.15. The number of phenols is 1. The lowest BCUT2D eigenvalue weighted by atomic mass is 9.81. The fraction of sp³-hybridized carbons (Fsp3) is 0.160. The highest BCUT2D eigenvalue weighted by Crippen LogP contribution is 2.39. The van der Waals surface area contributed by atoms with Crippen molar-refractivity contribution in [2.75, 3.05) is 7.05 Å². The Hall–Kier alpha value is -3.82. The van der Waals surface area contributed by atoms with Crippen molar-refractivity contribution in [1.29, 1.82) is 0 Å². The molecule has 1 aliphatic heterocycles. The first kappa shape index (κ1) is 24.8. The van der Waals surface area contributed by atoms with Crippen molar-refractivity contribution in [2.24, 2.45) is 0 Å². The summed E-state index contributed by atoms with van der Waals surface area (Å²) < 4.78 is 33.4. The highest BCUT2D eigenvalue weighted by Gasteiger charge is 2.42. The second-order valence-corrected chi connectivity index (χ2v) is 9.60. The first-order chi connectivity index (χ1) is 15.9. The summed E-state index contributed by atoms with van der Waals surface area (Å²) in [6.07, 6.45) is 4.27. The van der Waals surface area contributed by atoms with Crippen molar-refractivity contribution in [3.8, 4) is 5.75 Å². The number of aromatic hydroxyl groups is 1. The van der Waals surface area contributed by atoms with Crippen molar-refractivity contribution in [1.82, 2.24) is 0 Å². The number of nitrogens with zero attached hydrogens (tertiary/aromatic N) is 2. The molecule has 9 heteroatoms. The molecule has 0 fully saturated rings. The van der Waals surface area contributed by atoms with Crippen LogP contribution >= 0.6 is 0 Å². The molecule has 4 rings (SSSR count). The number of non-ortho nitro benzene ring substituents is 1. The van der Waals surface area contributed by atoms with Crippen LogP contribution in [0.1, 0.15) is 25.0 Å². The average Bonchev–Trinajstić information content (AvgIpc) is 2.99. The van der Waals surface area contributed by atoms with Crippen LogP contribution in [0.4, 0.5) is 11.4 Å². The fourth-order valence-electron chi connectivity index (χ4n) is 3.80. The van der Waals surface area contributed by atoms with E-state index in [1.807, 2.05) is 12.1 Å². The Kier molecular flexibility index (Phi) is 6.99. The second-order valence-electron chi connectivity index (χ2n) is 8.22. The Morgan fingerprint density at radius 2 is 1.53 bits per heavy atom. The van der Waals surface area contributed by atoms with Crippen molar-refractivity contribution in [3.63, 3.8) is 0 Å². The Morgan fingerprint density at radius 1 is 0.941 bits per heavy atom. The van der Waals surface area contributed by atoms with E-state index in [1.54, 1.807) is 12.1 Å². The number of hydrogen-bond donors (Lipinski definition) is 1. The summed E-state index contributed by atoms with van der Waals surface area (Å²) in [4.78, 5) is 8.99. The summed E-state index contributed by atoms with van der Waals surface area (Å²) in [5.41, 5.74) is 4.73. The molecular formula is C25H24N2O6S. The zero-order valence-electron chi connectivity index (χ0n) is 18.9. The van der Waals surface area contributed by atoms with Gasteiger partial charge in [-0.15, -0.1) is 0 Å². The Morgan fingerprint density at radius 3 is 2.06 bits per heavy atom. The van der Waals surface area contributed by atoms with E-state index >= 15 is 0 Å². The maximum atomic E-state index is 10.4. The van der Waals surface area contributed by atoms with E-state index in [1.165, 1.54) is 17.0 Å². The maximum Gasteiger partial charge on any atom is 0.269 e. The Bertz CT molecular complexity index is 1370. The predicted octanol–water partition coefficient (Wildman–Crippen LogP) is 4.61. The number of nitro benzene ring substituents is 1. The number of hydrogen-bond acceptors (Lipinski definition) is 6. The monoisotopic (exact) mass is 480 g/mol. The molecule has 176 valence electrons. The SMILES string of the molecule is C[N+]1=C(/C=C/c2ccc(O)cc2)C(C)(C)c2ccccc21.O=[N+]([O-])c1ccc(S(=O)(=O)[O-])cc1. The average molecular weight is 481 g/mol. The van der Waals surface area contributed by atoms with Crippen LogP contribution in [-0.2, 0) is 15.5 Å². The molecular weight excluding hydrogens is 456 g/mol. The number of fused-ring (bicyclic) bond motifs is 1. The summed E-state index contributed by atoms with van der Waals surface area (Å²) in [7, 11) is -2.40. The number of allylic oxidation sites excluding steroid dienone is 1. The fourth-order valence-corrected chi connectivity index (χ4v) is 4.27. The quantitative estimate of drug-likeness (QED) is 0.252. The summed E-state index contributed by atoms with van der Waals surface area (Å²) in [5.74, 6) is 0.297. The van der Waals surface area contributed by atoms with Crippen molar-refractivity contribution < 1.29 is 27.6 Å². The summed E-state index contributed by atoms with van der Waals surface area (Å²) >= 11 is 0. The number of benzene rings is 3. The molecule has 0 spiro atoms. The van der Waals surface area contributed by atoms with Gasteiger partial charge in [0.2, 0.25) is 5.69 Å². The van der Waals surface area contributed by atoms with Crippen LogP contribution < -0.4 is 0 Å². The first-order valence-corrected chi connectivity index (χ1v) is 11.7. The molecule has 1 N–H and O–H groups in total. The van der Waals surface area contributed by atoms with E-state index in [0.29, 0.717) is 5.75 Å². The van der Waals surface area contributed by atoms with E-state index in [9.17, 15) is 28.2 Å². The van der Waals surface area contributed by atoms with Crippen LogP contribution in [0.3, 0.4) is 0 Å². The molecule has 0 atom stereocenters. The van der Waals surface area contributed by atoms with Crippen LogP contribution in [0.25, 0.3) is 6.08 Å². The van der Waals surface area contributed by atoms with Gasteiger partial charge in [-0.2, -0.15) is 4.58 Å². The molecule has 8 nitrogen and oxygen atoms in total. The number of rotatable bonds is 4. The van der Waals surface area contributed by atoms with Gasteiger partial charge < -0.3 is 9.66 Å². The van der Waals surface area contributed by atoms with Crippen LogP contribution in [0.15, 0.2) is 83.8 Å². The zero-order chi connectivity index (χ0) is 25.1. The first-order valence-electron chi connectivity index (χ1n) is 10.3. The molecule has 0 unspecified atom stereocenters. The van der Waals surface area contributed by atoms with Crippen LogP contribution in [0.5, 0.6) is 5.75 Å². The number of para-hydroxylation sites is 1. The smallest absolute Gasteiger partial charge is 0.269 e. The minimum absolute atomic E-state index is 0.00123. The molecule has 0 bridgehead atoms. The lowest BCUT2D eigenvalue weighted by Crippen LogP contribution is -2.26. The van der Waals surface area contributed by atoms with Crippen molar-refractivity contribution in [2.45, 2.75) is 24.2 Å². The second kappa shape index (κ2) is 9.58. The van der Waals surface area contributed by atoms with Gasteiger partial charge in [0.1, 0.15) is 22.9 Å². The predicted molar refractivity (Wildman–Crippen MR) is 129 cm³/mol. The van der Waals surface area contributed by atoms with E-state index in [-0.39, 0.29) is 11.1 Å². The standard InChI is InChI=1S/C19H19NO.C6H5NO5S/c1-19(2)16-6-4-5-7-17(16)20(3)18(19)13-10-14-8-11-15(21)12-9-14;8-7(9)5-1-3-6(4-2-5)13(10,11)12/h4-13H,1-3H3;1-4H,(H,10,11,12). The van der Waals surface area contributed by atoms with Crippen LogP contribution in [0, 0.1) is 10.1 Å². The molecule has 1 heterocycles. The molecule has 3 aromatic rings. The summed E-state index contributed by atoms with van der Waals surface area (Å²) in [6, 6.07) is 19.5. The van der Waals surface area contributed by atoms with Gasteiger partial charge in [0.25, 0.3) is 5.69 Å². The highest BCUT2D eigenvalue weighted by molar-refractivity contribution is 7.85. The zero-order valence-corrected chi connectivity index (χ0v) is 19.7. The lowest BCUT2D eigenvalue weighted by molar-refractivity contribution is -0.401. The Balaban J connectivity index is 0.000000215. The molecule has 34 heavy (non-hydrogen) atoms. The van der Waals surface area contributed by atoms with E-state index in [2.05, 4.69) is 61.9 Å².